The van der Waals surface area contributed by atoms with Crippen molar-refractivity contribution in [3.05, 3.63) is 0 Å². The van der Waals surface area contributed by atoms with Crippen LogP contribution in [-0.4, -0.2) is 28.3 Å². The Kier molecular flexibility index (Phi) is 10.3. The molecule has 0 aromatic rings. The highest BCUT2D eigenvalue weighted by Crippen LogP contribution is 2.04. The van der Waals surface area contributed by atoms with Crippen LogP contribution in [0.5, 0.6) is 0 Å². The minimum atomic E-state index is -0.591. The second-order valence-corrected chi connectivity index (χ2v) is 6.68. The molecular weight excluding hydrogens is 218 g/mol. The predicted octanol–water partition coefficient (Wildman–Crippen LogP) is 2.95. The minimum absolute atomic E-state index is 0.561. The summed E-state index contributed by atoms with van der Waals surface area (Å²) in [6.45, 7) is 9.80. The maximum atomic E-state index is 11.6. The molecular formula is C13H29NOS. The SMILES string of the molecule is CCCNC(C)CCCCS(=O)CC(C)C. The van der Waals surface area contributed by atoms with Gasteiger partial charge in [0.1, 0.15) is 0 Å². The maximum absolute atomic E-state index is 11.6. The van der Waals surface area contributed by atoms with Gasteiger partial charge in [-0.25, -0.2) is 0 Å². The molecule has 0 radical (unpaired) electrons. The zero-order chi connectivity index (χ0) is 12.4. The van der Waals surface area contributed by atoms with Gasteiger partial charge in [0.25, 0.3) is 0 Å². The van der Waals surface area contributed by atoms with Gasteiger partial charge in [-0.1, -0.05) is 27.2 Å². The van der Waals surface area contributed by atoms with E-state index in [-0.39, 0.29) is 0 Å². The molecule has 1 N–H and O–H groups in total. The molecule has 0 bridgehead atoms. The van der Waals surface area contributed by atoms with Gasteiger partial charge >= 0.3 is 0 Å². The molecule has 0 rings (SSSR count). The quantitative estimate of drug-likeness (QED) is 0.601. The summed E-state index contributed by atoms with van der Waals surface area (Å²) in [5, 5.41) is 3.48. The van der Waals surface area contributed by atoms with Gasteiger partial charge in [0.15, 0.2) is 0 Å². The highest BCUT2D eigenvalue weighted by Gasteiger charge is 2.04. The molecule has 0 saturated carbocycles. The predicted molar refractivity (Wildman–Crippen MR) is 74.3 cm³/mol. The fraction of sp³-hybridized carbons (Fsp3) is 1.00. The third-order valence-corrected chi connectivity index (χ3v) is 4.30. The Morgan fingerprint density at radius 1 is 1.19 bits per heavy atom. The van der Waals surface area contributed by atoms with Crippen molar-refractivity contribution >= 4 is 10.8 Å². The zero-order valence-corrected chi connectivity index (χ0v) is 12.2. The monoisotopic (exact) mass is 247 g/mol. The molecule has 0 aromatic heterocycles. The van der Waals surface area contributed by atoms with Crippen LogP contribution in [0.1, 0.15) is 53.4 Å². The van der Waals surface area contributed by atoms with Gasteiger partial charge in [-0.2, -0.15) is 0 Å². The summed E-state index contributed by atoms with van der Waals surface area (Å²) in [4.78, 5) is 0. The lowest BCUT2D eigenvalue weighted by molar-refractivity contribution is 0.495. The zero-order valence-electron chi connectivity index (χ0n) is 11.4. The summed E-state index contributed by atoms with van der Waals surface area (Å²) in [5.74, 6) is 2.31. The maximum Gasteiger partial charge on any atom is 0.0257 e. The summed E-state index contributed by atoms with van der Waals surface area (Å²) < 4.78 is 11.6. The minimum Gasteiger partial charge on any atom is -0.314 e. The first-order valence-electron chi connectivity index (χ1n) is 6.64. The first kappa shape index (κ1) is 16.1. The van der Waals surface area contributed by atoms with E-state index < -0.39 is 10.8 Å². The highest BCUT2D eigenvalue weighted by molar-refractivity contribution is 7.84. The second kappa shape index (κ2) is 10.3. The molecule has 0 aromatic carbocycles. The average molecular weight is 247 g/mol. The van der Waals surface area contributed by atoms with E-state index in [0.717, 1.165) is 24.5 Å². The summed E-state index contributed by atoms with van der Waals surface area (Å²) >= 11 is 0. The van der Waals surface area contributed by atoms with Gasteiger partial charge in [-0.15, -0.1) is 0 Å². The van der Waals surface area contributed by atoms with Crippen molar-refractivity contribution in [2.75, 3.05) is 18.1 Å². The molecule has 0 heterocycles. The fourth-order valence-electron chi connectivity index (χ4n) is 1.66. The molecule has 0 amide bonds. The van der Waals surface area contributed by atoms with E-state index in [1.165, 1.54) is 19.3 Å². The molecule has 2 unspecified atom stereocenters. The van der Waals surface area contributed by atoms with Crippen LogP contribution in [0.3, 0.4) is 0 Å². The number of hydrogen-bond acceptors (Lipinski definition) is 2. The van der Waals surface area contributed by atoms with E-state index in [4.69, 9.17) is 0 Å². The van der Waals surface area contributed by atoms with Crippen molar-refractivity contribution in [1.29, 1.82) is 0 Å². The van der Waals surface area contributed by atoms with E-state index in [2.05, 4.69) is 33.0 Å². The van der Waals surface area contributed by atoms with Crippen LogP contribution in [0, 0.1) is 5.92 Å². The number of unbranched alkanes of at least 4 members (excludes halogenated alkanes) is 1. The lowest BCUT2D eigenvalue weighted by Gasteiger charge is -2.12. The molecule has 0 fully saturated rings. The average Bonchev–Trinajstić information content (AvgIpc) is 2.20. The van der Waals surface area contributed by atoms with Gasteiger partial charge in [0, 0.05) is 28.3 Å². The van der Waals surface area contributed by atoms with Gasteiger partial charge in [0.05, 0.1) is 0 Å². The molecule has 3 heteroatoms. The van der Waals surface area contributed by atoms with Crippen LogP contribution in [0.2, 0.25) is 0 Å². The Labute approximate surface area is 104 Å². The third-order valence-electron chi connectivity index (χ3n) is 2.52. The van der Waals surface area contributed by atoms with E-state index in [1.54, 1.807) is 0 Å². The molecule has 0 spiro atoms. The lowest BCUT2D eigenvalue weighted by atomic mass is 10.1. The van der Waals surface area contributed by atoms with Crippen LogP contribution in [-0.2, 0) is 10.8 Å². The topological polar surface area (TPSA) is 29.1 Å². The number of nitrogens with one attached hydrogen (secondary N) is 1. The Bertz CT molecular complexity index is 183. The summed E-state index contributed by atoms with van der Waals surface area (Å²) in [6, 6.07) is 0.610. The van der Waals surface area contributed by atoms with E-state index >= 15 is 0 Å². The first-order chi connectivity index (χ1) is 7.56. The van der Waals surface area contributed by atoms with E-state index in [9.17, 15) is 4.21 Å². The molecule has 0 saturated heterocycles. The Morgan fingerprint density at radius 3 is 2.44 bits per heavy atom. The van der Waals surface area contributed by atoms with E-state index in [0.29, 0.717) is 12.0 Å². The molecule has 2 atom stereocenters. The van der Waals surface area contributed by atoms with Crippen LogP contribution in [0.4, 0.5) is 0 Å². The Hall–Kier alpha value is 0.110. The fourth-order valence-corrected chi connectivity index (χ4v) is 3.10. The van der Waals surface area contributed by atoms with Crippen LogP contribution >= 0.6 is 0 Å². The normalized spacial score (nSPS) is 15.3. The number of rotatable bonds is 10. The third kappa shape index (κ3) is 10.6. The largest absolute Gasteiger partial charge is 0.314 e. The molecule has 0 aliphatic carbocycles. The van der Waals surface area contributed by atoms with Crippen molar-refractivity contribution in [3.63, 3.8) is 0 Å². The molecule has 16 heavy (non-hydrogen) atoms. The molecule has 2 nitrogen and oxygen atoms in total. The van der Waals surface area contributed by atoms with Crippen molar-refractivity contribution in [3.8, 4) is 0 Å². The van der Waals surface area contributed by atoms with Gasteiger partial charge in [0.2, 0.25) is 0 Å². The smallest absolute Gasteiger partial charge is 0.0257 e. The summed E-state index contributed by atoms with van der Waals surface area (Å²) in [6.07, 6.45) is 4.71. The Morgan fingerprint density at radius 2 is 1.88 bits per heavy atom. The standard InChI is InChI=1S/C13H29NOS/c1-5-9-14-13(4)8-6-7-10-16(15)11-12(2)3/h12-14H,5-11H2,1-4H3. The van der Waals surface area contributed by atoms with Crippen molar-refractivity contribution in [1.82, 2.24) is 5.32 Å². The second-order valence-electron chi connectivity index (χ2n) is 5.06. The number of hydrogen-bond donors (Lipinski definition) is 1. The van der Waals surface area contributed by atoms with Gasteiger partial charge in [-0.3, -0.25) is 4.21 Å². The molecule has 0 aliphatic heterocycles. The summed E-state index contributed by atoms with van der Waals surface area (Å²) in [7, 11) is -0.591. The first-order valence-corrected chi connectivity index (χ1v) is 8.13. The lowest BCUT2D eigenvalue weighted by Crippen LogP contribution is -2.26. The van der Waals surface area contributed by atoms with E-state index in [1.807, 2.05) is 0 Å². The Balaban J connectivity index is 3.35. The van der Waals surface area contributed by atoms with Crippen LogP contribution in [0.15, 0.2) is 0 Å². The molecule has 98 valence electrons. The van der Waals surface area contributed by atoms with Crippen molar-refractivity contribution < 1.29 is 4.21 Å². The molecule has 0 aliphatic rings. The van der Waals surface area contributed by atoms with Gasteiger partial charge in [-0.05, 0) is 38.6 Å². The van der Waals surface area contributed by atoms with Crippen molar-refractivity contribution in [2.24, 2.45) is 5.92 Å². The van der Waals surface area contributed by atoms with Crippen molar-refractivity contribution in [2.45, 2.75) is 59.4 Å². The van der Waals surface area contributed by atoms with Gasteiger partial charge < -0.3 is 5.32 Å². The highest BCUT2D eigenvalue weighted by atomic mass is 32.2. The van der Waals surface area contributed by atoms with Crippen LogP contribution < -0.4 is 5.32 Å². The van der Waals surface area contributed by atoms with Crippen LogP contribution in [0.25, 0.3) is 0 Å². The summed E-state index contributed by atoms with van der Waals surface area (Å²) in [5.41, 5.74) is 0.